The smallest absolute Gasteiger partial charge is 0.0712 e. The maximum absolute atomic E-state index is 9.99. The molecule has 2 heteroatoms. The second-order valence-electron chi connectivity index (χ2n) is 5.05. The Labute approximate surface area is 112 Å². The number of hydrogen-bond acceptors (Lipinski definition) is 2. The van der Waals surface area contributed by atoms with Crippen molar-refractivity contribution in [1.82, 2.24) is 0 Å². The van der Waals surface area contributed by atoms with E-state index in [-0.39, 0.29) is 6.10 Å². The normalized spacial score (nSPS) is 15.0. The van der Waals surface area contributed by atoms with Crippen LogP contribution in [0.5, 0.6) is 0 Å². The Morgan fingerprint density at radius 1 is 1.28 bits per heavy atom. The van der Waals surface area contributed by atoms with Gasteiger partial charge in [0.05, 0.1) is 12.7 Å². The lowest BCUT2D eigenvalue weighted by Gasteiger charge is -2.13. The molecule has 1 unspecified atom stereocenters. The third kappa shape index (κ3) is 8.26. The number of rotatable bonds is 9. The number of allylic oxidation sites excluding steroid dienone is 2. The van der Waals surface area contributed by atoms with Gasteiger partial charge in [-0.2, -0.15) is 0 Å². The Hall–Kier alpha value is -0.860. The van der Waals surface area contributed by atoms with Crippen molar-refractivity contribution in [2.75, 3.05) is 13.7 Å². The van der Waals surface area contributed by atoms with E-state index in [4.69, 9.17) is 4.74 Å². The summed E-state index contributed by atoms with van der Waals surface area (Å²) in [6, 6.07) is 0. The highest BCUT2D eigenvalue weighted by atomic mass is 16.5. The van der Waals surface area contributed by atoms with Gasteiger partial charge >= 0.3 is 0 Å². The largest absolute Gasteiger partial charge is 0.393 e. The van der Waals surface area contributed by atoms with E-state index >= 15 is 0 Å². The quantitative estimate of drug-likeness (QED) is 0.631. The number of aliphatic hydroxyl groups is 1. The molecule has 1 atom stereocenters. The zero-order chi connectivity index (χ0) is 14.0. The van der Waals surface area contributed by atoms with Gasteiger partial charge in [-0.1, -0.05) is 38.7 Å². The summed E-state index contributed by atoms with van der Waals surface area (Å²) < 4.78 is 5.09. The van der Waals surface area contributed by atoms with Crippen molar-refractivity contribution < 1.29 is 9.84 Å². The average Bonchev–Trinajstić information content (AvgIpc) is 2.34. The van der Waals surface area contributed by atoms with E-state index in [9.17, 15) is 5.11 Å². The Morgan fingerprint density at radius 2 is 1.94 bits per heavy atom. The van der Waals surface area contributed by atoms with E-state index in [0.29, 0.717) is 18.9 Å². The maximum atomic E-state index is 9.99. The molecule has 104 valence electrons. The van der Waals surface area contributed by atoms with Gasteiger partial charge in [-0.3, -0.25) is 0 Å². The van der Waals surface area contributed by atoms with Crippen molar-refractivity contribution in [3.8, 4) is 0 Å². The lowest BCUT2D eigenvalue weighted by Crippen LogP contribution is -2.09. The summed E-state index contributed by atoms with van der Waals surface area (Å²) in [4.78, 5) is 0. The molecule has 18 heavy (non-hydrogen) atoms. The maximum Gasteiger partial charge on any atom is 0.0712 e. The Kier molecular flexibility index (Phi) is 9.62. The molecule has 0 aliphatic rings. The molecule has 0 saturated carbocycles. The van der Waals surface area contributed by atoms with Crippen LogP contribution in [0.25, 0.3) is 0 Å². The molecule has 0 rings (SSSR count). The fourth-order valence-corrected chi connectivity index (χ4v) is 1.72. The minimum absolute atomic E-state index is 0.261. The number of methoxy groups -OCH3 is 1. The fourth-order valence-electron chi connectivity index (χ4n) is 1.72. The third-order valence-electron chi connectivity index (χ3n) is 2.86. The molecule has 2 nitrogen and oxygen atoms in total. The predicted octanol–water partition coefficient (Wildman–Crippen LogP) is 3.88. The molecule has 0 aliphatic carbocycles. The second-order valence-corrected chi connectivity index (χ2v) is 5.05. The van der Waals surface area contributed by atoms with Crippen molar-refractivity contribution in [1.29, 1.82) is 0 Å². The Morgan fingerprint density at radius 3 is 2.39 bits per heavy atom. The summed E-state index contributed by atoms with van der Waals surface area (Å²) in [6.45, 7) is 10.7. The van der Waals surface area contributed by atoms with Gasteiger partial charge in [-0.05, 0) is 43.3 Å². The molecular formula is C16H28O2. The summed E-state index contributed by atoms with van der Waals surface area (Å²) >= 11 is 0. The molecule has 1 N–H and O–H groups in total. The van der Waals surface area contributed by atoms with Crippen molar-refractivity contribution >= 4 is 0 Å². The van der Waals surface area contributed by atoms with E-state index in [1.165, 1.54) is 0 Å². The van der Waals surface area contributed by atoms with Crippen LogP contribution in [0.3, 0.4) is 0 Å². The standard InChI is InChI=1S/C16H28O2/c1-6-14(10-15(7-2)12-18-5)11-16(17)9-8-13(3)4/h6-7,10,13,16-17H,2,8-9,11-12H2,1,3-5H3/b14-6+,15-10+. The fraction of sp³-hybridized carbons (Fsp3) is 0.625. The number of hydrogen-bond donors (Lipinski definition) is 1. The number of aliphatic hydroxyl groups excluding tert-OH is 1. The SMILES string of the molecule is C=C/C(=C\C(=C/C)CC(O)CCC(C)C)COC. The van der Waals surface area contributed by atoms with Crippen molar-refractivity contribution in [3.63, 3.8) is 0 Å². The highest BCUT2D eigenvalue weighted by molar-refractivity contribution is 5.29. The average molecular weight is 252 g/mol. The van der Waals surface area contributed by atoms with Crippen LogP contribution in [-0.4, -0.2) is 24.9 Å². The van der Waals surface area contributed by atoms with E-state index in [1.807, 2.05) is 13.0 Å². The van der Waals surface area contributed by atoms with Crippen LogP contribution >= 0.6 is 0 Å². The number of ether oxygens (including phenoxy) is 1. The first-order chi connectivity index (χ1) is 8.53. The molecule has 0 amide bonds. The minimum atomic E-state index is -0.261. The van der Waals surface area contributed by atoms with Gasteiger partial charge in [0.15, 0.2) is 0 Å². The minimum Gasteiger partial charge on any atom is -0.393 e. The Bertz CT molecular complexity index is 287. The van der Waals surface area contributed by atoms with Gasteiger partial charge in [-0.15, -0.1) is 0 Å². The Balaban J connectivity index is 4.38. The van der Waals surface area contributed by atoms with Crippen LogP contribution in [0.2, 0.25) is 0 Å². The molecule has 0 fully saturated rings. The molecule has 0 radical (unpaired) electrons. The van der Waals surface area contributed by atoms with Gasteiger partial charge in [0, 0.05) is 7.11 Å². The van der Waals surface area contributed by atoms with Gasteiger partial charge < -0.3 is 9.84 Å². The zero-order valence-electron chi connectivity index (χ0n) is 12.3. The lowest BCUT2D eigenvalue weighted by atomic mass is 9.98. The van der Waals surface area contributed by atoms with Crippen LogP contribution < -0.4 is 0 Å². The lowest BCUT2D eigenvalue weighted by molar-refractivity contribution is 0.157. The van der Waals surface area contributed by atoms with Crippen LogP contribution in [0, 0.1) is 5.92 Å². The van der Waals surface area contributed by atoms with E-state index in [0.717, 1.165) is 24.0 Å². The first-order valence-electron chi connectivity index (χ1n) is 6.68. The topological polar surface area (TPSA) is 29.5 Å². The van der Waals surface area contributed by atoms with Crippen LogP contribution in [-0.2, 0) is 4.74 Å². The molecule has 0 bridgehead atoms. The zero-order valence-corrected chi connectivity index (χ0v) is 12.3. The molecule has 0 saturated heterocycles. The van der Waals surface area contributed by atoms with Gasteiger partial charge in [0.1, 0.15) is 0 Å². The molecule has 0 aliphatic heterocycles. The van der Waals surface area contributed by atoms with Crippen molar-refractivity contribution in [3.05, 3.63) is 36.0 Å². The summed E-state index contributed by atoms with van der Waals surface area (Å²) in [5.74, 6) is 0.640. The van der Waals surface area contributed by atoms with E-state index < -0.39 is 0 Å². The molecule has 0 heterocycles. The molecule has 0 spiro atoms. The van der Waals surface area contributed by atoms with Gasteiger partial charge in [0.2, 0.25) is 0 Å². The van der Waals surface area contributed by atoms with E-state index in [2.05, 4.69) is 26.5 Å². The molecule has 0 aromatic heterocycles. The third-order valence-corrected chi connectivity index (χ3v) is 2.86. The summed E-state index contributed by atoms with van der Waals surface area (Å²) in [7, 11) is 1.67. The van der Waals surface area contributed by atoms with Crippen molar-refractivity contribution in [2.45, 2.75) is 46.1 Å². The highest BCUT2D eigenvalue weighted by Gasteiger charge is 2.07. The summed E-state index contributed by atoms with van der Waals surface area (Å²) in [5, 5.41) is 9.99. The van der Waals surface area contributed by atoms with Gasteiger partial charge in [-0.25, -0.2) is 0 Å². The molecule has 0 aromatic rings. The first kappa shape index (κ1) is 17.1. The van der Waals surface area contributed by atoms with Crippen LogP contribution in [0.4, 0.5) is 0 Å². The van der Waals surface area contributed by atoms with Gasteiger partial charge in [0.25, 0.3) is 0 Å². The highest BCUT2D eigenvalue weighted by Crippen LogP contribution is 2.16. The predicted molar refractivity (Wildman–Crippen MR) is 78.6 cm³/mol. The first-order valence-corrected chi connectivity index (χ1v) is 6.68. The van der Waals surface area contributed by atoms with Crippen LogP contribution in [0.1, 0.15) is 40.0 Å². The van der Waals surface area contributed by atoms with Crippen LogP contribution in [0.15, 0.2) is 36.0 Å². The molecular weight excluding hydrogens is 224 g/mol. The summed E-state index contributed by atoms with van der Waals surface area (Å²) in [5.41, 5.74) is 2.18. The van der Waals surface area contributed by atoms with E-state index in [1.54, 1.807) is 13.2 Å². The van der Waals surface area contributed by atoms with Crippen molar-refractivity contribution in [2.24, 2.45) is 5.92 Å². The molecule has 0 aromatic carbocycles. The second kappa shape index (κ2) is 10.1. The monoisotopic (exact) mass is 252 g/mol. The summed E-state index contributed by atoms with van der Waals surface area (Å²) in [6.07, 6.45) is 8.25.